The molecular formula is C31H22BrFN2O4. The van der Waals surface area contributed by atoms with Crippen LogP contribution in [-0.2, 0) is 22.6 Å². The third kappa shape index (κ3) is 5.97. The van der Waals surface area contributed by atoms with Crippen molar-refractivity contribution in [2.45, 2.75) is 13.0 Å². The summed E-state index contributed by atoms with van der Waals surface area (Å²) in [6.45, 7) is 0.374. The summed E-state index contributed by atoms with van der Waals surface area (Å²) >= 11 is 3.50. The Morgan fingerprint density at radius 3 is 2.28 bits per heavy atom. The molecule has 0 unspecified atom stereocenters. The van der Waals surface area contributed by atoms with Gasteiger partial charge in [-0.15, -0.1) is 0 Å². The maximum atomic E-state index is 14.1. The Bertz CT molecular complexity index is 1590. The number of carbonyl (C=O) groups is 3. The number of rotatable bonds is 7. The van der Waals surface area contributed by atoms with Crippen molar-refractivity contribution in [3.05, 3.63) is 135 Å². The van der Waals surface area contributed by atoms with Gasteiger partial charge in [-0.05, 0) is 64.7 Å². The van der Waals surface area contributed by atoms with Gasteiger partial charge >= 0.3 is 6.03 Å². The minimum Gasteiger partial charge on any atom is -0.489 e. The van der Waals surface area contributed by atoms with E-state index in [1.807, 2.05) is 30.3 Å². The van der Waals surface area contributed by atoms with Crippen LogP contribution in [0.4, 0.5) is 14.9 Å². The first-order valence-corrected chi connectivity index (χ1v) is 12.9. The van der Waals surface area contributed by atoms with Crippen LogP contribution in [0.5, 0.6) is 5.75 Å². The minimum absolute atomic E-state index is 0.187. The first-order chi connectivity index (χ1) is 18.9. The number of urea groups is 1. The van der Waals surface area contributed by atoms with Crippen LogP contribution in [0.2, 0.25) is 0 Å². The van der Waals surface area contributed by atoms with E-state index in [0.717, 1.165) is 16.0 Å². The molecule has 1 aliphatic heterocycles. The van der Waals surface area contributed by atoms with E-state index in [0.29, 0.717) is 40.1 Å². The zero-order chi connectivity index (χ0) is 27.4. The molecule has 4 aromatic carbocycles. The van der Waals surface area contributed by atoms with Crippen LogP contribution < -0.4 is 15.0 Å². The van der Waals surface area contributed by atoms with E-state index in [2.05, 4.69) is 21.2 Å². The molecular weight excluding hydrogens is 563 g/mol. The summed E-state index contributed by atoms with van der Waals surface area (Å²) < 4.78 is 20.5. The van der Waals surface area contributed by atoms with Gasteiger partial charge in [-0.2, -0.15) is 0 Å². The summed E-state index contributed by atoms with van der Waals surface area (Å²) in [5, 5.41) is 2.23. The lowest BCUT2D eigenvalue weighted by Gasteiger charge is -2.26. The third-order valence-corrected chi connectivity index (χ3v) is 6.91. The summed E-state index contributed by atoms with van der Waals surface area (Å²) in [5.74, 6) is -1.25. The molecule has 4 aromatic rings. The second kappa shape index (κ2) is 11.4. The highest BCUT2D eigenvalue weighted by molar-refractivity contribution is 9.10. The first-order valence-electron chi connectivity index (χ1n) is 12.1. The van der Waals surface area contributed by atoms with Gasteiger partial charge in [0.15, 0.2) is 0 Å². The van der Waals surface area contributed by atoms with Gasteiger partial charge in [-0.3, -0.25) is 14.9 Å². The molecule has 1 heterocycles. The van der Waals surface area contributed by atoms with Crippen molar-refractivity contribution in [3.63, 3.8) is 0 Å². The molecule has 0 atom stereocenters. The number of amides is 4. The summed E-state index contributed by atoms with van der Waals surface area (Å²) in [5.41, 5.74) is 3.07. The van der Waals surface area contributed by atoms with Gasteiger partial charge in [-0.1, -0.05) is 76.6 Å². The quantitative estimate of drug-likeness (QED) is 0.201. The summed E-state index contributed by atoms with van der Waals surface area (Å²) in [7, 11) is 0. The highest BCUT2D eigenvalue weighted by atomic mass is 79.9. The summed E-state index contributed by atoms with van der Waals surface area (Å²) in [6, 6.07) is 27.1. The van der Waals surface area contributed by atoms with Gasteiger partial charge in [0, 0.05) is 10.9 Å². The number of hydrogen-bond donors (Lipinski definition) is 1. The Labute approximate surface area is 232 Å². The van der Waals surface area contributed by atoms with Crippen LogP contribution in [0, 0.1) is 5.82 Å². The van der Waals surface area contributed by atoms with Crippen molar-refractivity contribution < 1.29 is 23.5 Å². The summed E-state index contributed by atoms with van der Waals surface area (Å²) in [4.78, 5) is 39.3. The van der Waals surface area contributed by atoms with E-state index in [1.54, 1.807) is 60.7 Å². The maximum absolute atomic E-state index is 14.1. The molecule has 5 rings (SSSR count). The number of benzene rings is 4. The summed E-state index contributed by atoms with van der Waals surface area (Å²) in [6.07, 6.45) is 1.79. The standard InChI is InChI=1S/C31H22BrFN2O4/c32-27-17-21(10-11-22(27)18-23-8-4-5-9-28(23)33)16-26-29(36)34-31(38)35(30(26)37)24-12-14-25(15-13-24)39-19-20-6-2-1-3-7-20/h1-17H,18-19H2,(H,34,36,38)/b26-16+. The molecule has 0 radical (unpaired) electrons. The molecule has 0 saturated carbocycles. The minimum atomic E-state index is -0.832. The molecule has 1 saturated heterocycles. The number of halogens is 2. The van der Waals surface area contributed by atoms with Crippen molar-refractivity contribution in [2.24, 2.45) is 0 Å². The average Bonchev–Trinajstić information content (AvgIpc) is 2.93. The largest absolute Gasteiger partial charge is 0.489 e. The van der Waals surface area contributed by atoms with Crippen LogP contribution in [0.1, 0.15) is 22.3 Å². The average molecular weight is 585 g/mol. The van der Waals surface area contributed by atoms with Gasteiger partial charge < -0.3 is 4.74 Å². The molecule has 0 aromatic heterocycles. The van der Waals surface area contributed by atoms with E-state index in [1.165, 1.54) is 12.1 Å². The molecule has 0 spiro atoms. The number of ether oxygens (including phenoxy) is 1. The Hall–Kier alpha value is -4.56. The van der Waals surface area contributed by atoms with Crippen molar-refractivity contribution in [3.8, 4) is 5.75 Å². The Morgan fingerprint density at radius 2 is 1.56 bits per heavy atom. The zero-order valence-electron chi connectivity index (χ0n) is 20.6. The topological polar surface area (TPSA) is 75.7 Å². The number of imide groups is 2. The number of nitrogens with one attached hydrogen (secondary N) is 1. The fraction of sp³-hybridized carbons (Fsp3) is 0.0645. The van der Waals surface area contributed by atoms with Crippen molar-refractivity contribution >= 4 is 45.5 Å². The second-order valence-corrected chi connectivity index (χ2v) is 9.70. The van der Waals surface area contributed by atoms with Crippen LogP contribution in [0.3, 0.4) is 0 Å². The lowest BCUT2D eigenvalue weighted by molar-refractivity contribution is -0.122. The molecule has 0 aliphatic carbocycles. The van der Waals surface area contributed by atoms with Crippen molar-refractivity contribution in [1.82, 2.24) is 5.32 Å². The first kappa shape index (κ1) is 26.1. The fourth-order valence-electron chi connectivity index (χ4n) is 4.13. The fourth-order valence-corrected chi connectivity index (χ4v) is 4.67. The Balaban J connectivity index is 1.33. The predicted octanol–water partition coefficient (Wildman–Crippen LogP) is 6.42. The molecule has 1 fully saturated rings. The van der Waals surface area contributed by atoms with Gasteiger partial charge in [-0.25, -0.2) is 14.1 Å². The number of hydrogen-bond acceptors (Lipinski definition) is 4. The number of anilines is 1. The van der Waals surface area contributed by atoms with Crippen molar-refractivity contribution in [1.29, 1.82) is 0 Å². The van der Waals surface area contributed by atoms with E-state index < -0.39 is 17.8 Å². The van der Waals surface area contributed by atoms with Crippen LogP contribution in [-0.4, -0.2) is 17.8 Å². The number of carbonyl (C=O) groups excluding carboxylic acids is 3. The molecule has 4 amide bonds. The van der Waals surface area contributed by atoms with Gasteiger partial charge in [0.2, 0.25) is 0 Å². The highest BCUT2D eigenvalue weighted by Crippen LogP contribution is 2.27. The van der Waals surface area contributed by atoms with Crippen LogP contribution in [0.15, 0.2) is 107 Å². The van der Waals surface area contributed by atoms with E-state index in [4.69, 9.17) is 4.74 Å². The molecule has 39 heavy (non-hydrogen) atoms. The Morgan fingerprint density at radius 1 is 0.846 bits per heavy atom. The monoisotopic (exact) mass is 584 g/mol. The van der Waals surface area contributed by atoms with Crippen LogP contribution >= 0.6 is 15.9 Å². The van der Waals surface area contributed by atoms with E-state index in [-0.39, 0.29) is 11.4 Å². The zero-order valence-corrected chi connectivity index (χ0v) is 22.2. The van der Waals surface area contributed by atoms with E-state index >= 15 is 0 Å². The van der Waals surface area contributed by atoms with Gasteiger partial charge in [0.05, 0.1) is 5.69 Å². The SMILES string of the molecule is O=C1NC(=O)N(c2ccc(OCc3ccccc3)cc2)C(=O)/C1=C/c1ccc(Cc2ccccc2F)c(Br)c1. The lowest BCUT2D eigenvalue weighted by Crippen LogP contribution is -2.54. The number of barbiturate groups is 1. The lowest BCUT2D eigenvalue weighted by atomic mass is 10.0. The highest BCUT2D eigenvalue weighted by Gasteiger charge is 2.36. The van der Waals surface area contributed by atoms with Crippen LogP contribution in [0.25, 0.3) is 6.08 Å². The molecule has 0 bridgehead atoms. The third-order valence-electron chi connectivity index (χ3n) is 6.17. The normalized spacial score (nSPS) is 14.5. The molecule has 1 aliphatic rings. The van der Waals surface area contributed by atoms with Gasteiger partial charge in [0.25, 0.3) is 11.8 Å². The van der Waals surface area contributed by atoms with E-state index in [9.17, 15) is 18.8 Å². The molecule has 194 valence electrons. The predicted molar refractivity (Wildman–Crippen MR) is 150 cm³/mol. The van der Waals surface area contributed by atoms with Crippen molar-refractivity contribution in [2.75, 3.05) is 4.90 Å². The molecule has 8 heteroatoms. The molecule has 6 nitrogen and oxygen atoms in total. The Kier molecular flexibility index (Phi) is 7.65. The molecule has 1 N–H and O–H groups in total. The smallest absolute Gasteiger partial charge is 0.335 e. The number of nitrogens with zero attached hydrogens (tertiary/aromatic N) is 1. The van der Waals surface area contributed by atoms with Gasteiger partial charge in [0.1, 0.15) is 23.7 Å². The second-order valence-electron chi connectivity index (χ2n) is 8.85. The maximum Gasteiger partial charge on any atom is 0.335 e.